The molecule has 38 heavy (non-hydrogen) atoms. The van der Waals surface area contributed by atoms with Gasteiger partial charge in [0.05, 0.1) is 24.7 Å². The fraction of sp³-hybridized carbons (Fsp3) is 0.429. The Morgan fingerprint density at radius 3 is 2.76 bits per heavy atom. The Bertz CT molecular complexity index is 1490. The molecule has 1 fully saturated rings. The standard InChI is InChI=1S/C28H32N6O4/c1-3-24(27-30-31-32-34(27)21-6-4-5-7-21)33(15-18-8-11-25-26(12-18)38-17-37-25)16-20-13-19-9-10-22(36-2)14-23(19)29-28(20)35/h8-14,21,24H,3-7,15-17H2,1-2H3,(H,29,35). The zero-order chi connectivity index (χ0) is 26.1. The van der Waals surface area contributed by atoms with Crippen LogP contribution in [-0.2, 0) is 13.1 Å². The number of tetrazole rings is 1. The molecule has 0 radical (unpaired) electrons. The van der Waals surface area contributed by atoms with Gasteiger partial charge in [-0.05, 0) is 71.0 Å². The maximum absolute atomic E-state index is 13.2. The van der Waals surface area contributed by atoms with Crippen molar-refractivity contribution in [1.29, 1.82) is 0 Å². The molecule has 0 saturated heterocycles. The molecule has 1 N–H and O–H groups in total. The summed E-state index contributed by atoms with van der Waals surface area (Å²) in [4.78, 5) is 18.6. The number of rotatable bonds is 9. The van der Waals surface area contributed by atoms with Gasteiger partial charge in [0.15, 0.2) is 17.3 Å². The van der Waals surface area contributed by atoms with E-state index >= 15 is 0 Å². The van der Waals surface area contributed by atoms with Crippen molar-refractivity contribution in [2.24, 2.45) is 0 Å². The highest BCUT2D eigenvalue weighted by Crippen LogP contribution is 2.36. The van der Waals surface area contributed by atoms with Crippen molar-refractivity contribution in [2.75, 3.05) is 13.9 Å². The number of nitrogens with zero attached hydrogens (tertiary/aromatic N) is 5. The zero-order valence-corrected chi connectivity index (χ0v) is 21.7. The third kappa shape index (κ3) is 4.71. The molecular weight excluding hydrogens is 484 g/mol. The number of aromatic nitrogens is 5. The molecule has 1 atom stereocenters. The highest BCUT2D eigenvalue weighted by molar-refractivity contribution is 5.80. The number of aromatic amines is 1. The van der Waals surface area contributed by atoms with Gasteiger partial charge in [-0.2, -0.15) is 0 Å². The predicted octanol–water partition coefficient (Wildman–Crippen LogP) is 4.52. The van der Waals surface area contributed by atoms with Crippen LogP contribution in [0.5, 0.6) is 17.2 Å². The molecule has 2 aromatic heterocycles. The molecule has 1 aliphatic carbocycles. The van der Waals surface area contributed by atoms with Crippen LogP contribution in [0.15, 0.2) is 47.3 Å². The normalized spacial score (nSPS) is 16.0. The first-order chi connectivity index (χ1) is 18.6. The Morgan fingerprint density at radius 2 is 1.95 bits per heavy atom. The molecule has 6 rings (SSSR count). The highest BCUT2D eigenvalue weighted by Gasteiger charge is 2.30. The van der Waals surface area contributed by atoms with Crippen LogP contribution in [-0.4, -0.2) is 44.0 Å². The Morgan fingerprint density at radius 1 is 1.11 bits per heavy atom. The van der Waals surface area contributed by atoms with E-state index in [0.717, 1.165) is 53.1 Å². The van der Waals surface area contributed by atoms with Gasteiger partial charge in [-0.15, -0.1) is 5.10 Å². The first kappa shape index (κ1) is 24.4. The molecule has 1 aliphatic heterocycles. The summed E-state index contributed by atoms with van der Waals surface area (Å²) in [6.45, 7) is 3.39. The SMILES string of the molecule is CCC(c1nnnn1C1CCCC1)N(Cc1ccc2c(c1)OCO2)Cc1cc2ccc(OC)cc2[nH]c1=O. The number of benzene rings is 2. The predicted molar refractivity (Wildman–Crippen MR) is 141 cm³/mol. The minimum absolute atomic E-state index is 0.0815. The topological polar surface area (TPSA) is 107 Å². The largest absolute Gasteiger partial charge is 0.497 e. The molecule has 0 spiro atoms. The minimum atomic E-state index is -0.119. The fourth-order valence-electron chi connectivity index (χ4n) is 5.67. The van der Waals surface area contributed by atoms with E-state index in [1.807, 2.05) is 47.1 Å². The van der Waals surface area contributed by atoms with Crippen molar-refractivity contribution in [3.63, 3.8) is 0 Å². The number of fused-ring (bicyclic) bond motifs is 2. The van der Waals surface area contributed by atoms with Crippen molar-refractivity contribution in [1.82, 2.24) is 30.1 Å². The fourth-order valence-corrected chi connectivity index (χ4v) is 5.67. The smallest absolute Gasteiger partial charge is 0.252 e. The Hall–Kier alpha value is -3.92. The third-order valence-electron chi connectivity index (χ3n) is 7.64. The van der Waals surface area contributed by atoms with E-state index in [-0.39, 0.29) is 18.4 Å². The molecule has 1 saturated carbocycles. The summed E-state index contributed by atoms with van der Waals surface area (Å²) in [5.74, 6) is 3.04. The Kier molecular flexibility index (Phi) is 6.71. The van der Waals surface area contributed by atoms with Gasteiger partial charge in [-0.3, -0.25) is 9.69 Å². The van der Waals surface area contributed by atoms with E-state index in [1.54, 1.807) is 7.11 Å². The first-order valence-electron chi connectivity index (χ1n) is 13.2. The molecular formula is C28H32N6O4. The van der Waals surface area contributed by atoms with Crippen LogP contribution in [0.4, 0.5) is 0 Å². The molecule has 10 nitrogen and oxygen atoms in total. The van der Waals surface area contributed by atoms with Gasteiger partial charge >= 0.3 is 0 Å². The first-order valence-corrected chi connectivity index (χ1v) is 13.2. The van der Waals surface area contributed by atoms with Crippen LogP contribution in [0.1, 0.15) is 68.1 Å². The lowest BCUT2D eigenvalue weighted by Gasteiger charge is -2.31. The summed E-state index contributed by atoms with van der Waals surface area (Å²) in [7, 11) is 1.62. The van der Waals surface area contributed by atoms with E-state index in [2.05, 4.69) is 32.3 Å². The van der Waals surface area contributed by atoms with E-state index in [0.29, 0.717) is 30.4 Å². The number of methoxy groups -OCH3 is 1. The lowest BCUT2D eigenvalue weighted by molar-refractivity contribution is 0.158. The molecule has 1 unspecified atom stereocenters. The second kappa shape index (κ2) is 10.4. The molecule has 2 aromatic carbocycles. The van der Waals surface area contributed by atoms with E-state index in [4.69, 9.17) is 14.2 Å². The lowest BCUT2D eigenvalue weighted by Crippen LogP contribution is -2.32. The average Bonchev–Trinajstić information content (AvgIpc) is 3.71. The van der Waals surface area contributed by atoms with Crippen molar-refractivity contribution in [3.8, 4) is 17.2 Å². The van der Waals surface area contributed by atoms with Crippen LogP contribution in [0, 0.1) is 0 Å². The Balaban J connectivity index is 1.37. The number of nitrogens with one attached hydrogen (secondary N) is 1. The van der Waals surface area contributed by atoms with Crippen molar-refractivity contribution in [3.05, 3.63) is 69.8 Å². The Labute approximate surface area is 220 Å². The number of hydrogen-bond donors (Lipinski definition) is 1. The molecule has 2 aliphatic rings. The van der Waals surface area contributed by atoms with Gasteiger partial charge < -0.3 is 19.2 Å². The summed E-state index contributed by atoms with van der Waals surface area (Å²) >= 11 is 0. The van der Waals surface area contributed by atoms with Gasteiger partial charge in [-0.1, -0.05) is 25.8 Å². The van der Waals surface area contributed by atoms with Gasteiger partial charge in [-0.25, -0.2) is 4.68 Å². The zero-order valence-electron chi connectivity index (χ0n) is 21.7. The van der Waals surface area contributed by atoms with Crippen LogP contribution < -0.4 is 19.8 Å². The van der Waals surface area contributed by atoms with Crippen molar-refractivity contribution >= 4 is 10.9 Å². The van der Waals surface area contributed by atoms with Crippen molar-refractivity contribution < 1.29 is 14.2 Å². The molecule has 10 heteroatoms. The number of pyridine rings is 1. The molecule has 3 heterocycles. The second-order valence-corrected chi connectivity index (χ2v) is 10.0. The van der Waals surface area contributed by atoms with Crippen LogP contribution in [0.25, 0.3) is 10.9 Å². The highest BCUT2D eigenvalue weighted by atomic mass is 16.7. The molecule has 4 aromatic rings. The summed E-state index contributed by atoms with van der Waals surface area (Å²) < 4.78 is 18.5. The van der Waals surface area contributed by atoms with Crippen molar-refractivity contribution in [2.45, 2.75) is 64.2 Å². The monoisotopic (exact) mass is 516 g/mol. The van der Waals surface area contributed by atoms with E-state index in [1.165, 1.54) is 12.8 Å². The van der Waals surface area contributed by atoms with Gasteiger partial charge in [0.2, 0.25) is 6.79 Å². The maximum atomic E-state index is 13.2. The van der Waals surface area contributed by atoms with Gasteiger partial charge in [0, 0.05) is 24.7 Å². The average molecular weight is 517 g/mol. The second-order valence-electron chi connectivity index (χ2n) is 10.0. The molecule has 0 amide bonds. The molecule has 198 valence electrons. The van der Waals surface area contributed by atoms with Gasteiger partial charge in [0.25, 0.3) is 5.56 Å². The quantitative estimate of drug-likeness (QED) is 0.346. The van der Waals surface area contributed by atoms with Crippen LogP contribution in [0.3, 0.4) is 0 Å². The van der Waals surface area contributed by atoms with Crippen LogP contribution in [0.2, 0.25) is 0 Å². The summed E-state index contributed by atoms with van der Waals surface area (Å²) in [6.07, 6.45) is 5.35. The van der Waals surface area contributed by atoms with E-state index < -0.39 is 0 Å². The number of H-pyrrole nitrogens is 1. The summed E-state index contributed by atoms with van der Waals surface area (Å²) in [5, 5.41) is 13.9. The number of hydrogen-bond acceptors (Lipinski definition) is 8. The maximum Gasteiger partial charge on any atom is 0.252 e. The minimum Gasteiger partial charge on any atom is -0.497 e. The summed E-state index contributed by atoms with van der Waals surface area (Å²) in [5.41, 5.74) is 2.38. The number of ether oxygens (including phenoxy) is 3. The van der Waals surface area contributed by atoms with Crippen LogP contribution >= 0.6 is 0 Å². The summed E-state index contributed by atoms with van der Waals surface area (Å²) in [6, 6.07) is 13.9. The molecule has 0 bridgehead atoms. The van der Waals surface area contributed by atoms with Gasteiger partial charge in [0.1, 0.15) is 5.75 Å². The third-order valence-corrected chi connectivity index (χ3v) is 7.64. The lowest BCUT2D eigenvalue weighted by atomic mass is 10.1. The van der Waals surface area contributed by atoms with E-state index in [9.17, 15) is 4.79 Å².